The van der Waals surface area contributed by atoms with Gasteiger partial charge in [-0.25, -0.2) is 0 Å². The summed E-state index contributed by atoms with van der Waals surface area (Å²) in [5.74, 6) is -0.449. The van der Waals surface area contributed by atoms with Crippen molar-refractivity contribution in [3.8, 4) is 0 Å². The summed E-state index contributed by atoms with van der Waals surface area (Å²) < 4.78 is 0. The van der Waals surface area contributed by atoms with E-state index in [-0.39, 0.29) is 11.8 Å². The topological polar surface area (TPSA) is 72.2 Å². The second kappa shape index (κ2) is 5.54. The van der Waals surface area contributed by atoms with Crippen LogP contribution >= 0.6 is 22.7 Å². The lowest BCUT2D eigenvalue weighted by molar-refractivity contribution is 0.100. The molecule has 100 valence electrons. The molecule has 2 amide bonds. The van der Waals surface area contributed by atoms with E-state index in [4.69, 9.17) is 5.73 Å². The van der Waals surface area contributed by atoms with Gasteiger partial charge in [0, 0.05) is 4.88 Å². The number of primary amides is 1. The van der Waals surface area contributed by atoms with Crippen LogP contribution in [-0.4, -0.2) is 11.8 Å². The fraction of sp³-hybridized carbons (Fsp3) is 0.231. The lowest BCUT2D eigenvalue weighted by atomic mass is 10.1. The van der Waals surface area contributed by atoms with E-state index in [1.54, 1.807) is 12.1 Å². The van der Waals surface area contributed by atoms with Crippen LogP contribution in [0.25, 0.3) is 0 Å². The summed E-state index contributed by atoms with van der Waals surface area (Å²) in [5.41, 5.74) is 5.72. The van der Waals surface area contributed by atoms with Gasteiger partial charge in [-0.2, -0.15) is 0 Å². The zero-order chi connectivity index (χ0) is 14.0. The van der Waals surface area contributed by atoms with Crippen molar-refractivity contribution in [3.05, 3.63) is 38.9 Å². The predicted octanol–water partition coefficient (Wildman–Crippen LogP) is 3.28. The Labute approximate surface area is 119 Å². The Morgan fingerprint density at radius 2 is 2.11 bits per heavy atom. The number of carbonyl (C=O) groups excluding carboxylic acids is 2. The monoisotopic (exact) mass is 294 g/mol. The zero-order valence-corrected chi connectivity index (χ0v) is 12.2. The largest absolute Gasteiger partial charge is 0.366 e. The van der Waals surface area contributed by atoms with Gasteiger partial charge in [-0.1, -0.05) is 19.9 Å². The molecular formula is C13H14N2O2S2. The van der Waals surface area contributed by atoms with Crippen molar-refractivity contribution in [3.63, 3.8) is 0 Å². The maximum Gasteiger partial charge on any atom is 0.266 e. The first kappa shape index (κ1) is 13.8. The van der Waals surface area contributed by atoms with Crippen LogP contribution in [0.15, 0.2) is 23.6 Å². The third-order valence-electron chi connectivity index (χ3n) is 2.56. The lowest BCUT2D eigenvalue weighted by Crippen LogP contribution is -2.15. The van der Waals surface area contributed by atoms with Crippen LogP contribution < -0.4 is 11.1 Å². The molecule has 2 aromatic rings. The van der Waals surface area contributed by atoms with E-state index >= 15 is 0 Å². The van der Waals surface area contributed by atoms with Crippen molar-refractivity contribution >= 4 is 39.5 Å². The van der Waals surface area contributed by atoms with Gasteiger partial charge in [-0.05, 0) is 23.4 Å². The molecule has 0 saturated heterocycles. The average Bonchev–Trinajstić information content (AvgIpc) is 2.97. The highest BCUT2D eigenvalue weighted by atomic mass is 32.1. The van der Waals surface area contributed by atoms with Crippen molar-refractivity contribution in [2.45, 2.75) is 19.8 Å². The van der Waals surface area contributed by atoms with Gasteiger partial charge in [0.15, 0.2) is 0 Å². The van der Waals surface area contributed by atoms with E-state index in [1.165, 1.54) is 22.7 Å². The molecule has 0 fully saturated rings. The summed E-state index contributed by atoms with van der Waals surface area (Å²) in [7, 11) is 0. The first-order valence-electron chi connectivity index (χ1n) is 5.77. The number of carbonyl (C=O) groups is 2. The molecule has 0 bridgehead atoms. The highest BCUT2D eigenvalue weighted by molar-refractivity contribution is 7.17. The van der Waals surface area contributed by atoms with E-state index in [0.717, 1.165) is 4.88 Å². The molecule has 19 heavy (non-hydrogen) atoms. The minimum Gasteiger partial charge on any atom is -0.366 e. The van der Waals surface area contributed by atoms with E-state index in [2.05, 4.69) is 5.32 Å². The Kier molecular flexibility index (Phi) is 4.01. The maximum atomic E-state index is 12.0. The standard InChI is InChI=1S/C13H14N2O2S2/c1-7(2)10-6-8(11(14)16)13(19-10)15-12(17)9-4-3-5-18-9/h3-7H,1-2H3,(H2,14,16)(H,15,17). The summed E-state index contributed by atoms with van der Waals surface area (Å²) in [4.78, 5) is 25.0. The van der Waals surface area contributed by atoms with E-state index < -0.39 is 5.91 Å². The van der Waals surface area contributed by atoms with Gasteiger partial charge in [0.05, 0.1) is 10.4 Å². The van der Waals surface area contributed by atoms with Gasteiger partial charge in [-0.15, -0.1) is 22.7 Å². The normalized spacial score (nSPS) is 10.7. The Morgan fingerprint density at radius 1 is 1.37 bits per heavy atom. The van der Waals surface area contributed by atoms with E-state index in [9.17, 15) is 9.59 Å². The van der Waals surface area contributed by atoms with Gasteiger partial charge >= 0.3 is 0 Å². The SMILES string of the molecule is CC(C)c1cc(C(N)=O)c(NC(=O)c2cccs2)s1. The first-order valence-corrected chi connectivity index (χ1v) is 7.47. The van der Waals surface area contributed by atoms with Crippen molar-refractivity contribution in [1.29, 1.82) is 0 Å². The van der Waals surface area contributed by atoms with Gasteiger partial charge in [0.1, 0.15) is 5.00 Å². The first-order chi connectivity index (χ1) is 8.99. The smallest absolute Gasteiger partial charge is 0.266 e. The second-order valence-corrected chi connectivity index (χ2v) is 6.37. The fourth-order valence-corrected chi connectivity index (χ4v) is 3.22. The number of anilines is 1. The lowest BCUT2D eigenvalue weighted by Gasteiger charge is -2.02. The van der Waals surface area contributed by atoms with E-state index in [0.29, 0.717) is 15.4 Å². The van der Waals surface area contributed by atoms with Crippen LogP contribution in [-0.2, 0) is 0 Å². The van der Waals surface area contributed by atoms with Gasteiger partial charge < -0.3 is 11.1 Å². The Morgan fingerprint density at radius 3 is 2.63 bits per heavy atom. The second-order valence-electron chi connectivity index (χ2n) is 4.34. The Hall–Kier alpha value is -1.66. The van der Waals surface area contributed by atoms with E-state index in [1.807, 2.05) is 25.3 Å². The number of hydrogen-bond acceptors (Lipinski definition) is 4. The summed E-state index contributed by atoms with van der Waals surface area (Å²) in [6, 6.07) is 5.30. The minimum atomic E-state index is -0.523. The summed E-state index contributed by atoms with van der Waals surface area (Å²) in [6.45, 7) is 4.06. The van der Waals surface area contributed by atoms with Crippen LogP contribution in [0.5, 0.6) is 0 Å². The van der Waals surface area contributed by atoms with Gasteiger partial charge in [0.25, 0.3) is 11.8 Å². The quantitative estimate of drug-likeness (QED) is 0.908. The number of hydrogen-bond donors (Lipinski definition) is 2. The molecule has 0 radical (unpaired) electrons. The van der Waals surface area contributed by atoms with Crippen molar-refractivity contribution in [2.75, 3.05) is 5.32 Å². The molecule has 3 N–H and O–H groups in total. The zero-order valence-electron chi connectivity index (χ0n) is 10.6. The third kappa shape index (κ3) is 3.02. The molecule has 0 aliphatic heterocycles. The minimum absolute atomic E-state index is 0.213. The maximum absolute atomic E-state index is 12.0. The molecule has 2 rings (SSSR count). The summed E-state index contributed by atoms with van der Waals surface area (Å²) >= 11 is 2.75. The number of rotatable bonds is 4. The number of thiophene rings is 2. The molecule has 4 nitrogen and oxygen atoms in total. The molecule has 2 aromatic heterocycles. The molecule has 0 aliphatic carbocycles. The van der Waals surface area contributed by atoms with Crippen molar-refractivity contribution in [2.24, 2.45) is 5.73 Å². The molecule has 0 saturated carbocycles. The Balaban J connectivity index is 2.28. The molecular weight excluding hydrogens is 280 g/mol. The number of amides is 2. The molecule has 0 aromatic carbocycles. The molecule has 0 aliphatic rings. The highest BCUT2D eigenvalue weighted by Crippen LogP contribution is 2.33. The van der Waals surface area contributed by atoms with Crippen LogP contribution in [0.4, 0.5) is 5.00 Å². The number of nitrogens with one attached hydrogen (secondary N) is 1. The van der Waals surface area contributed by atoms with Crippen LogP contribution in [0.1, 0.15) is 44.7 Å². The van der Waals surface area contributed by atoms with Crippen LogP contribution in [0.2, 0.25) is 0 Å². The van der Waals surface area contributed by atoms with Crippen LogP contribution in [0.3, 0.4) is 0 Å². The summed E-state index contributed by atoms with van der Waals surface area (Å²) in [6.07, 6.45) is 0. The average molecular weight is 294 g/mol. The highest BCUT2D eigenvalue weighted by Gasteiger charge is 2.18. The molecule has 2 heterocycles. The molecule has 6 heteroatoms. The van der Waals surface area contributed by atoms with Crippen LogP contribution in [0, 0.1) is 0 Å². The summed E-state index contributed by atoms with van der Waals surface area (Å²) in [5, 5.41) is 5.11. The predicted molar refractivity (Wildman–Crippen MR) is 79.2 cm³/mol. The fourth-order valence-electron chi connectivity index (χ4n) is 1.54. The Bertz CT molecular complexity index is 600. The molecule has 0 unspecified atom stereocenters. The van der Waals surface area contributed by atoms with Crippen molar-refractivity contribution in [1.82, 2.24) is 0 Å². The third-order valence-corrected chi connectivity index (χ3v) is 4.78. The number of nitrogens with two attached hydrogens (primary N) is 1. The molecule has 0 spiro atoms. The van der Waals surface area contributed by atoms with Gasteiger partial charge in [0.2, 0.25) is 0 Å². The van der Waals surface area contributed by atoms with Crippen molar-refractivity contribution < 1.29 is 9.59 Å². The molecule has 0 atom stereocenters. The van der Waals surface area contributed by atoms with Gasteiger partial charge in [-0.3, -0.25) is 9.59 Å².